The predicted molar refractivity (Wildman–Crippen MR) is 156 cm³/mol. The predicted octanol–water partition coefficient (Wildman–Crippen LogP) is 7.55. The molecule has 0 aliphatic carbocycles. The molecular weight excluding hydrogens is 527 g/mol. The minimum Gasteiger partial charge on any atom is -0.497 e. The van der Waals surface area contributed by atoms with E-state index in [9.17, 15) is 4.79 Å². The van der Waals surface area contributed by atoms with Crippen molar-refractivity contribution in [1.82, 2.24) is 9.80 Å². The quantitative estimate of drug-likeness (QED) is 0.270. The van der Waals surface area contributed by atoms with Gasteiger partial charge in [-0.1, -0.05) is 59.6 Å². The van der Waals surface area contributed by atoms with Crippen LogP contribution in [0.15, 0.2) is 72.8 Å². The molecule has 0 spiro atoms. The highest BCUT2D eigenvalue weighted by Gasteiger charge is 2.24. The summed E-state index contributed by atoms with van der Waals surface area (Å²) < 4.78 is 5.30. The molecule has 1 fully saturated rings. The molecule has 1 heterocycles. The Bertz CT molecular complexity index is 1130. The molecule has 198 valence electrons. The number of nitrogens with zero attached hydrogens (tertiary/aromatic N) is 2. The van der Waals surface area contributed by atoms with Crippen LogP contribution in [0.2, 0.25) is 10.0 Å². The van der Waals surface area contributed by atoms with Crippen LogP contribution in [-0.2, 0) is 0 Å². The van der Waals surface area contributed by atoms with Gasteiger partial charge in [0.15, 0.2) is 0 Å². The van der Waals surface area contributed by atoms with E-state index in [4.69, 9.17) is 27.9 Å². The van der Waals surface area contributed by atoms with Gasteiger partial charge in [-0.15, -0.1) is 12.4 Å². The van der Waals surface area contributed by atoms with Crippen molar-refractivity contribution in [3.8, 4) is 5.75 Å². The second-order valence-corrected chi connectivity index (χ2v) is 10.4. The fraction of sp³-hybridized carbons (Fsp3) is 0.367. The number of carbonyl (C=O) groups is 1. The monoisotopic (exact) mass is 560 g/mol. The molecule has 1 unspecified atom stereocenters. The lowest BCUT2D eigenvalue weighted by Gasteiger charge is -2.34. The van der Waals surface area contributed by atoms with E-state index in [1.165, 1.54) is 5.56 Å². The zero-order valence-electron chi connectivity index (χ0n) is 21.4. The van der Waals surface area contributed by atoms with Gasteiger partial charge in [0, 0.05) is 25.1 Å². The molecule has 0 bridgehead atoms. The summed E-state index contributed by atoms with van der Waals surface area (Å²) in [6.45, 7) is 3.74. The largest absolute Gasteiger partial charge is 0.497 e. The summed E-state index contributed by atoms with van der Waals surface area (Å²) in [5.41, 5.74) is 3.21. The molecule has 3 aromatic carbocycles. The molecule has 7 heteroatoms. The number of benzene rings is 3. The standard InChI is InChI=1S/C30H34Cl2N2O2.ClH/c1-33(30(35)24-6-4-3-5-7-24)21-26(25-10-13-28(31)29(32)20-25)16-19-34-17-14-23(15-18-34)22-8-11-27(36-2)12-9-22;/h3-13,20,23,26H,14-19,21H2,1-2H3;1H. The molecule has 1 aliphatic rings. The van der Waals surface area contributed by atoms with Crippen LogP contribution in [0, 0.1) is 0 Å². The Labute approximate surface area is 236 Å². The fourth-order valence-electron chi connectivity index (χ4n) is 5.05. The smallest absolute Gasteiger partial charge is 0.253 e. The van der Waals surface area contributed by atoms with E-state index in [2.05, 4.69) is 29.2 Å². The number of rotatable bonds is 9. The van der Waals surface area contributed by atoms with Crippen molar-refractivity contribution in [2.24, 2.45) is 0 Å². The van der Waals surface area contributed by atoms with Gasteiger partial charge in [0.1, 0.15) is 5.75 Å². The van der Waals surface area contributed by atoms with E-state index in [1.807, 2.05) is 60.5 Å². The Balaban J connectivity index is 0.00000380. The van der Waals surface area contributed by atoms with Gasteiger partial charge >= 0.3 is 0 Å². The highest BCUT2D eigenvalue weighted by atomic mass is 35.5. The van der Waals surface area contributed by atoms with Crippen LogP contribution in [0.1, 0.15) is 52.6 Å². The maximum absolute atomic E-state index is 13.0. The molecule has 0 radical (unpaired) electrons. The van der Waals surface area contributed by atoms with Crippen molar-refractivity contribution in [3.63, 3.8) is 0 Å². The highest BCUT2D eigenvalue weighted by Crippen LogP contribution is 2.32. The SMILES string of the molecule is COc1ccc(C2CCN(CCC(CN(C)C(=O)c3ccccc3)c3ccc(Cl)c(Cl)c3)CC2)cc1.Cl. The fourth-order valence-corrected chi connectivity index (χ4v) is 5.36. The molecule has 1 atom stereocenters. The number of likely N-dealkylation sites (N-methyl/N-ethyl adjacent to an activating group) is 1. The van der Waals surface area contributed by atoms with Crippen LogP contribution in [-0.4, -0.2) is 56.0 Å². The average Bonchev–Trinajstić information content (AvgIpc) is 2.93. The molecule has 1 amide bonds. The Morgan fingerprint density at radius 2 is 1.68 bits per heavy atom. The molecule has 1 aliphatic heterocycles. The molecule has 0 aromatic heterocycles. The van der Waals surface area contributed by atoms with Crippen molar-refractivity contribution in [3.05, 3.63) is 99.5 Å². The van der Waals surface area contributed by atoms with Crippen molar-refractivity contribution < 1.29 is 9.53 Å². The van der Waals surface area contributed by atoms with Gasteiger partial charge in [0.25, 0.3) is 5.91 Å². The summed E-state index contributed by atoms with van der Waals surface area (Å²) >= 11 is 12.6. The highest BCUT2D eigenvalue weighted by molar-refractivity contribution is 6.42. The van der Waals surface area contributed by atoms with Crippen LogP contribution in [0.25, 0.3) is 0 Å². The van der Waals surface area contributed by atoms with E-state index in [-0.39, 0.29) is 24.2 Å². The van der Waals surface area contributed by atoms with Gasteiger partial charge in [0.2, 0.25) is 0 Å². The van der Waals surface area contributed by atoms with E-state index in [1.54, 1.807) is 7.11 Å². The summed E-state index contributed by atoms with van der Waals surface area (Å²) in [6.07, 6.45) is 3.24. The number of methoxy groups -OCH3 is 1. The number of carbonyl (C=O) groups excluding carboxylic acids is 1. The van der Waals surface area contributed by atoms with E-state index >= 15 is 0 Å². The third-order valence-electron chi connectivity index (χ3n) is 7.25. The van der Waals surface area contributed by atoms with Crippen molar-refractivity contribution in [2.45, 2.75) is 31.1 Å². The maximum Gasteiger partial charge on any atom is 0.253 e. The molecule has 4 nitrogen and oxygen atoms in total. The molecule has 0 N–H and O–H groups in total. The first-order valence-electron chi connectivity index (χ1n) is 12.6. The van der Waals surface area contributed by atoms with Crippen LogP contribution < -0.4 is 4.74 Å². The van der Waals surface area contributed by atoms with Crippen LogP contribution in [0.3, 0.4) is 0 Å². The summed E-state index contributed by atoms with van der Waals surface area (Å²) in [6, 6.07) is 23.8. The molecule has 4 rings (SSSR count). The summed E-state index contributed by atoms with van der Waals surface area (Å²) in [4.78, 5) is 17.4. The number of piperidine rings is 1. The summed E-state index contributed by atoms with van der Waals surface area (Å²) in [5.74, 6) is 1.69. The first-order chi connectivity index (χ1) is 17.4. The number of hydrogen-bond donors (Lipinski definition) is 0. The third kappa shape index (κ3) is 7.87. The molecular formula is C30H35Cl3N2O2. The third-order valence-corrected chi connectivity index (χ3v) is 7.98. The zero-order valence-corrected chi connectivity index (χ0v) is 23.7. The van der Waals surface area contributed by atoms with Gasteiger partial charge in [-0.3, -0.25) is 4.79 Å². The molecule has 0 saturated carbocycles. The first kappa shape index (κ1) is 29.3. The molecule has 3 aromatic rings. The zero-order chi connectivity index (χ0) is 25.5. The number of ether oxygens (including phenoxy) is 1. The normalized spacial score (nSPS) is 15.0. The van der Waals surface area contributed by atoms with Gasteiger partial charge in [0.05, 0.1) is 17.2 Å². The average molecular weight is 562 g/mol. The number of likely N-dealkylation sites (tertiary alicyclic amines) is 1. The summed E-state index contributed by atoms with van der Waals surface area (Å²) in [5, 5.41) is 1.10. The van der Waals surface area contributed by atoms with Crippen LogP contribution in [0.5, 0.6) is 5.75 Å². The van der Waals surface area contributed by atoms with E-state index < -0.39 is 0 Å². The van der Waals surface area contributed by atoms with Crippen LogP contribution >= 0.6 is 35.6 Å². The van der Waals surface area contributed by atoms with Crippen molar-refractivity contribution in [1.29, 1.82) is 0 Å². The minimum atomic E-state index is 0. The van der Waals surface area contributed by atoms with Gasteiger partial charge in [-0.25, -0.2) is 0 Å². The van der Waals surface area contributed by atoms with Crippen molar-refractivity contribution in [2.75, 3.05) is 40.3 Å². The second-order valence-electron chi connectivity index (χ2n) is 9.60. The van der Waals surface area contributed by atoms with Gasteiger partial charge < -0.3 is 14.5 Å². The lowest BCUT2D eigenvalue weighted by molar-refractivity contribution is 0.0781. The summed E-state index contributed by atoms with van der Waals surface area (Å²) in [7, 11) is 3.58. The van der Waals surface area contributed by atoms with E-state index in [0.29, 0.717) is 28.1 Å². The van der Waals surface area contributed by atoms with Crippen LogP contribution in [0.4, 0.5) is 0 Å². The maximum atomic E-state index is 13.0. The van der Waals surface area contributed by atoms with E-state index in [0.717, 1.165) is 50.2 Å². The Kier molecular flexibility index (Phi) is 11.1. The van der Waals surface area contributed by atoms with Crippen molar-refractivity contribution >= 4 is 41.5 Å². The van der Waals surface area contributed by atoms with Gasteiger partial charge in [-0.05, 0) is 92.3 Å². The number of halogens is 3. The molecule has 1 saturated heterocycles. The van der Waals surface area contributed by atoms with Gasteiger partial charge in [-0.2, -0.15) is 0 Å². The first-order valence-corrected chi connectivity index (χ1v) is 13.3. The Hall–Kier alpha value is -2.24. The topological polar surface area (TPSA) is 32.8 Å². The molecule has 37 heavy (non-hydrogen) atoms. The number of amides is 1. The lowest BCUT2D eigenvalue weighted by atomic mass is 9.88. The Morgan fingerprint density at radius 1 is 1.00 bits per heavy atom. The second kappa shape index (κ2) is 14.1. The Morgan fingerprint density at radius 3 is 2.30 bits per heavy atom. The lowest BCUT2D eigenvalue weighted by Crippen LogP contribution is -2.36. The number of hydrogen-bond acceptors (Lipinski definition) is 3. The minimum absolute atomic E-state index is 0.